The van der Waals surface area contributed by atoms with E-state index in [9.17, 15) is 4.79 Å². The zero-order chi connectivity index (χ0) is 13.7. The van der Waals surface area contributed by atoms with E-state index >= 15 is 0 Å². The van der Waals surface area contributed by atoms with Gasteiger partial charge in [-0.15, -0.1) is 0 Å². The van der Waals surface area contributed by atoms with E-state index in [-0.39, 0.29) is 11.6 Å². The highest BCUT2D eigenvalue weighted by Crippen LogP contribution is 2.22. The maximum absolute atomic E-state index is 10.9. The highest BCUT2D eigenvalue weighted by atomic mass is 16.5. The van der Waals surface area contributed by atoms with Gasteiger partial charge < -0.3 is 9.84 Å². The molecule has 0 spiro atoms. The summed E-state index contributed by atoms with van der Waals surface area (Å²) in [6.07, 6.45) is 0.761. The lowest BCUT2D eigenvalue weighted by atomic mass is 10.2. The molecule has 0 fully saturated rings. The lowest BCUT2D eigenvalue weighted by Crippen LogP contribution is -1.99. The Kier molecular flexibility index (Phi) is 3.78. The average molecular weight is 257 g/mol. The highest BCUT2D eigenvalue weighted by Gasteiger charge is 2.16. The van der Waals surface area contributed by atoms with E-state index in [0.717, 1.165) is 12.0 Å². The fraction of sp³-hybridized carbons (Fsp3) is 0.154. The molecule has 1 aromatic carbocycles. The van der Waals surface area contributed by atoms with E-state index in [4.69, 9.17) is 9.84 Å². The van der Waals surface area contributed by atoms with Crippen LogP contribution in [-0.4, -0.2) is 26.5 Å². The second kappa shape index (κ2) is 5.69. The van der Waals surface area contributed by atoms with Crippen molar-refractivity contribution in [1.82, 2.24) is 15.4 Å². The minimum Gasteiger partial charge on any atom is -0.476 e. The van der Waals surface area contributed by atoms with Crippen LogP contribution in [0.25, 0.3) is 0 Å². The molecule has 2 aromatic rings. The van der Waals surface area contributed by atoms with Gasteiger partial charge in [-0.2, -0.15) is 0 Å². The molecular weight excluding hydrogens is 246 g/mol. The molecule has 0 amide bonds. The van der Waals surface area contributed by atoms with Gasteiger partial charge in [0.15, 0.2) is 0 Å². The topological polar surface area (TPSA) is 88.1 Å². The number of aromatic nitrogens is 3. The van der Waals surface area contributed by atoms with Gasteiger partial charge in [-0.3, -0.25) is 0 Å². The van der Waals surface area contributed by atoms with Crippen molar-refractivity contribution in [3.05, 3.63) is 35.5 Å². The van der Waals surface area contributed by atoms with Crippen LogP contribution in [0.4, 0.5) is 0 Å². The second-order valence-corrected chi connectivity index (χ2v) is 3.58. The molecule has 0 radical (unpaired) electrons. The number of rotatable bonds is 3. The minimum absolute atomic E-state index is 0.0758. The van der Waals surface area contributed by atoms with E-state index in [1.165, 1.54) is 0 Å². The van der Waals surface area contributed by atoms with Gasteiger partial charge in [0.25, 0.3) is 5.88 Å². The van der Waals surface area contributed by atoms with E-state index in [0.29, 0.717) is 5.75 Å². The molecule has 19 heavy (non-hydrogen) atoms. The molecule has 6 nitrogen and oxygen atoms in total. The summed E-state index contributed by atoms with van der Waals surface area (Å²) in [4.78, 5) is 10.9. The maximum Gasteiger partial charge on any atom is 0.359 e. The molecule has 1 heterocycles. The number of nitrogens with one attached hydrogen (secondary N) is 1. The third-order valence-corrected chi connectivity index (χ3v) is 2.19. The molecule has 6 heteroatoms. The van der Waals surface area contributed by atoms with Crippen LogP contribution < -0.4 is 4.74 Å². The van der Waals surface area contributed by atoms with Crippen LogP contribution in [0.15, 0.2) is 24.3 Å². The van der Waals surface area contributed by atoms with Crippen LogP contribution in [0.1, 0.15) is 29.4 Å². The van der Waals surface area contributed by atoms with Crippen LogP contribution in [0.2, 0.25) is 0 Å². The van der Waals surface area contributed by atoms with Gasteiger partial charge >= 0.3 is 5.97 Å². The fourth-order valence-electron chi connectivity index (χ4n) is 1.37. The van der Waals surface area contributed by atoms with Gasteiger partial charge in [0.1, 0.15) is 5.75 Å². The van der Waals surface area contributed by atoms with Gasteiger partial charge in [-0.1, -0.05) is 35.1 Å². The predicted molar refractivity (Wildman–Crippen MR) is 67.0 cm³/mol. The van der Waals surface area contributed by atoms with Gasteiger partial charge in [0, 0.05) is 12.0 Å². The molecule has 2 rings (SSSR count). The Labute approximate surface area is 109 Å². The van der Waals surface area contributed by atoms with Crippen molar-refractivity contribution in [3.8, 4) is 23.5 Å². The van der Waals surface area contributed by atoms with Crippen LogP contribution >= 0.6 is 0 Å². The second-order valence-electron chi connectivity index (χ2n) is 3.58. The normalized spacial score (nSPS) is 9.53. The van der Waals surface area contributed by atoms with Crippen molar-refractivity contribution in [1.29, 1.82) is 0 Å². The number of H-pyrrole nitrogens is 1. The van der Waals surface area contributed by atoms with Crippen LogP contribution in [-0.2, 0) is 0 Å². The summed E-state index contributed by atoms with van der Waals surface area (Å²) in [7, 11) is 0. The zero-order valence-corrected chi connectivity index (χ0v) is 10.2. The van der Waals surface area contributed by atoms with E-state index in [1.54, 1.807) is 18.2 Å². The van der Waals surface area contributed by atoms with Gasteiger partial charge in [-0.05, 0) is 18.2 Å². The zero-order valence-electron chi connectivity index (χ0n) is 10.2. The molecule has 0 aliphatic heterocycles. The first-order valence-corrected chi connectivity index (χ1v) is 5.62. The van der Waals surface area contributed by atoms with Crippen molar-refractivity contribution in [3.63, 3.8) is 0 Å². The number of hydrogen-bond acceptors (Lipinski definition) is 4. The Morgan fingerprint density at radius 2 is 2.37 bits per heavy atom. The third kappa shape index (κ3) is 3.10. The molecule has 0 aliphatic carbocycles. The monoisotopic (exact) mass is 257 g/mol. The van der Waals surface area contributed by atoms with Crippen molar-refractivity contribution >= 4 is 5.97 Å². The van der Waals surface area contributed by atoms with Gasteiger partial charge in [-0.25, -0.2) is 9.89 Å². The minimum atomic E-state index is -1.18. The summed E-state index contributed by atoms with van der Waals surface area (Å²) >= 11 is 0. The Morgan fingerprint density at radius 1 is 1.53 bits per heavy atom. The van der Waals surface area contributed by atoms with E-state index in [1.807, 2.05) is 13.0 Å². The molecular formula is C13H11N3O3. The number of aromatic carboxylic acids is 1. The molecule has 0 atom stereocenters. The number of ether oxygens (including phenoxy) is 1. The molecule has 0 saturated carbocycles. The summed E-state index contributed by atoms with van der Waals surface area (Å²) in [5.74, 6) is 5.11. The van der Waals surface area contributed by atoms with E-state index < -0.39 is 5.97 Å². The van der Waals surface area contributed by atoms with Crippen molar-refractivity contribution < 1.29 is 14.6 Å². The maximum atomic E-state index is 10.9. The van der Waals surface area contributed by atoms with Gasteiger partial charge in [0.05, 0.1) is 0 Å². The van der Waals surface area contributed by atoms with Crippen molar-refractivity contribution in [2.45, 2.75) is 13.3 Å². The molecule has 2 N–H and O–H groups in total. The van der Waals surface area contributed by atoms with Crippen molar-refractivity contribution in [2.24, 2.45) is 0 Å². The van der Waals surface area contributed by atoms with E-state index in [2.05, 4.69) is 27.3 Å². The smallest absolute Gasteiger partial charge is 0.359 e. The summed E-state index contributed by atoms with van der Waals surface area (Å²) in [5.41, 5.74) is 0.602. The number of carboxylic acid groups (broad SMARTS) is 1. The fourth-order valence-corrected chi connectivity index (χ4v) is 1.37. The average Bonchev–Trinajstić information content (AvgIpc) is 2.85. The first-order valence-electron chi connectivity index (χ1n) is 5.62. The first-order chi connectivity index (χ1) is 9.20. The Balaban J connectivity index is 2.23. The SMILES string of the molecule is CCC#Cc1cccc(Oc2nn[nH]c2C(=O)O)c1. The summed E-state index contributed by atoms with van der Waals surface area (Å²) in [5, 5.41) is 18.1. The Hall–Kier alpha value is -2.81. The Morgan fingerprint density at radius 3 is 3.11 bits per heavy atom. The van der Waals surface area contributed by atoms with Crippen molar-refractivity contribution in [2.75, 3.05) is 0 Å². The number of nitrogens with zero attached hydrogens (tertiary/aromatic N) is 2. The molecule has 96 valence electrons. The van der Waals surface area contributed by atoms with Crippen LogP contribution in [0.3, 0.4) is 0 Å². The lowest BCUT2D eigenvalue weighted by Gasteiger charge is -2.02. The van der Waals surface area contributed by atoms with Crippen LogP contribution in [0.5, 0.6) is 11.6 Å². The number of hydrogen-bond donors (Lipinski definition) is 2. The number of carboxylic acids is 1. The van der Waals surface area contributed by atoms with Crippen LogP contribution in [0, 0.1) is 11.8 Å². The Bertz CT molecular complexity index is 652. The number of benzene rings is 1. The lowest BCUT2D eigenvalue weighted by molar-refractivity contribution is 0.0687. The molecule has 0 unspecified atom stereocenters. The molecule has 0 bridgehead atoms. The predicted octanol–water partition coefficient (Wildman–Crippen LogP) is 2.06. The van der Waals surface area contributed by atoms with Gasteiger partial charge in [0.2, 0.25) is 5.69 Å². The standard InChI is InChI=1S/C13H11N3O3/c1-2-3-5-9-6-4-7-10(8-9)19-12-11(13(17)18)14-16-15-12/h4,6-8H,2H2,1H3,(H,17,18)(H,14,15,16). The third-order valence-electron chi connectivity index (χ3n) is 2.19. The first kappa shape index (κ1) is 12.6. The quantitative estimate of drug-likeness (QED) is 0.821. The summed E-state index contributed by atoms with van der Waals surface area (Å²) in [6, 6.07) is 7.02. The number of carbonyl (C=O) groups is 1. The highest BCUT2D eigenvalue weighted by molar-refractivity contribution is 5.87. The molecule has 0 saturated heterocycles. The summed E-state index contributed by atoms with van der Waals surface area (Å²) in [6.45, 7) is 1.96. The summed E-state index contributed by atoms with van der Waals surface area (Å²) < 4.78 is 5.38. The molecule has 1 aromatic heterocycles. The largest absolute Gasteiger partial charge is 0.476 e. The molecule has 0 aliphatic rings. The number of aromatic amines is 1.